The smallest absolute Gasteiger partial charge is 0.224 e. The summed E-state index contributed by atoms with van der Waals surface area (Å²) in [6.07, 6.45) is 5.78. The van der Waals surface area contributed by atoms with E-state index < -0.39 is 5.82 Å². The van der Waals surface area contributed by atoms with Crippen LogP contribution in [0.15, 0.2) is 36.7 Å². The average molecular weight is 289 g/mol. The molecule has 0 aliphatic carbocycles. The van der Waals surface area contributed by atoms with Crippen LogP contribution in [0.3, 0.4) is 0 Å². The van der Waals surface area contributed by atoms with E-state index in [2.05, 4.69) is 17.3 Å². The molecule has 0 aliphatic rings. The van der Waals surface area contributed by atoms with Gasteiger partial charge in [-0.2, -0.15) is 5.10 Å². The third-order valence-corrected chi connectivity index (χ3v) is 3.30. The second-order valence-electron chi connectivity index (χ2n) is 5.26. The molecule has 1 aromatic carbocycles. The molecule has 2 rings (SSSR count). The Morgan fingerprint density at radius 3 is 2.90 bits per heavy atom. The van der Waals surface area contributed by atoms with Crippen molar-refractivity contribution < 1.29 is 9.18 Å². The first-order valence-corrected chi connectivity index (χ1v) is 7.19. The summed E-state index contributed by atoms with van der Waals surface area (Å²) < 4.78 is 15.5. The zero-order valence-corrected chi connectivity index (χ0v) is 12.3. The number of carbonyl (C=O) groups is 1. The highest BCUT2D eigenvalue weighted by Gasteiger charge is 2.11. The van der Waals surface area contributed by atoms with Gasteiger partial charge in [-0.15, -0.1) is 0 Å². The van der Waals surface area contributed by atoms with Gasteiger partial charge in [-0.05, 0) is 30.2 Å². The standard InChI is InChI=1S/C16H20FN3O/c1-3-5-12(2)10-16(21)19-13-6-7-15(14(17)11-13)20-9-4-8-18-20/h4,6-9,11-12H,3,5,10H2,1-2H3,(H,19,21). The maximum absolute atomic E-state index is 14.0. The molecule has 0 spiro atoms. The van der Waals surface area contributed by atoms with E-state index in [0.29, 0.717) is 23.7 Å². The van der Waals surface area contributed by atoms with E-state index in [4.69, 9.17) is 0 Å². The van der Waals surface area contributed by atoms with Gasteiger partial charge in [-0.3, -0.25) is 4.79 Å². The largest absolute Gasteiger partial charge is 0.326 e. The van der Waals surface area contributed by atoms with E-state index >= 15 is 0 Å². The van der Waals surface area contributed by atoms with Crippen molar-refractivity contribution in [3.05, 3.63) is 42.5 Å². The number of nitrogens with one attached hydrogen (secondary N) is 1. The lowest BCUT2D eigenvalue weighted by atomic mass is 10.0. The Hall–Kier alpha value is -2.17. The number of hydrogen-bond donors (Lipinski definition) is 1. The Balaban J connectivity index is 2.02. The maximum atomic E-state index is 14.0. The highest BCUT2D eigenvalue weighted by Crippen LogP contribution is 2.18. The predicted molar refractivity (Wildman–Crippen MR) is 80.8 cm³/mol. The molecule has 0 saturated heterocycles. The van der Waals surface area contributed by atoms with Gasteiger partial charge in [-0.25, -0.2) is 9.07 Å². The molecule has 0 fully saturated rings. The third kappa shape index (κ3) is 4.15. The van der Waals surface area contributed by atoms with Gasteiger partial charge in [0.05, 0.1) is 0 Å². The van der Waals surface area contributed by atoms with Crippen LogP contribution >= 0.6 is 0 Å². The number of carbonyl (C=O) groups excluding carboxylic acids is 1. The van der Waals surface area contributed by atoms with Gasteiger partial charge in [0.2, 0.25) is 5.91 Å². The van der Waals surface area contributed by atoms with Crippen molar-refractivity contribution in [3.63, 3.8) is 0 Å². The summed E-state index contributed by atoms with van der Waals surface area (Å²) >= 11 is 0. The minimum absolute atomic E-state index is 0.0813. The van der Waals surface area contributed by atoms with Crippen molar-refractivity contribution >= 4 is 11.6 Å². The van der Waals surface area contributed by atoms with Crippen molar-refractivity contribution in [2.45, 2.75) is 33.1 Å². The minimum Gasteiger partial charge on any atom is -0.326 e. The molecule has 0 radical (unpaired) electrons. The fraction of sp³-hybridized carbons (Fsp3) is 0.375. The molecule has 1 heterocycles. The summed E-state index contributed by atoms with van der Waals surface area (Å²) in [6.45, 7) is 4.14. The molecule has 1 amide bonds. The van der Waals surface area contributed by atoms with Crippen LogP contribution in [-0.2, 0) is 4.79 Å². The molecule has 0 aliphatic heterocycles. The van der Waals surface area contributed by atoms with Gasteiger partial charge in [0.1, 0.15) is 5.69 Å². The van der Waals surface area contributed by atoms with E-state index in [-0.39, 0.29) is 5.91 Å². The maximum Gasteiger partial charge on any atom is 0.224 e. The summed E-state index contributed by atoms with van der Waals surface area (Å²) in [6, 6.07) is 6.33. The molecule has 21 heavy (non-hydrogen) atoms. The highest BCUT2D eigenvalue weighted by molar-refractivity contribution is 5.90. The van der Waals surface area contributed by atoms with Crippen molar-refractivity contribution in [2.75, 3.05) is 5.32 Å². The molecule has 0 saturated carbocycles. The third-order valence-electron chi connectivity index (χ3n) is 3.30. The second kappa shape index (κ2) is 7.02. The first-order chi connectivity index (χ1) is 10.1. The van der Waals surface area contributed by atoms with E-state index in [9.17, 15) is 9.18 Å². The predicted octanol–water partition coefficient (Wildman–Crippen LogP) is 3.78. The lowest BCUT2D eigenvalue weighted by Gasteiger charge is -2.11. The molecule has 1 unspecified atom stereocenters. The molecule has 0 bridgehead atoms. The topological polar surface area (TPSA) is 46.9 Å². The molecule has 2 aromatic rings. The van der Waals surface area contributed by atoms with Gasteiger partial charge >= 0.3 is 0 Å². The van der Waals surface area contributed by atoms with Gasteiger partial charge in [0.15, 0.2) is 5.82 Å². The highest BCUT2D eigenvalue weighted by atomic mass is 19.1. The van der Waals surface area contributed by atoms with Crippen LogP contribution in [0.2, 0.25) is 0 Å². The monoisotopic (exact) mass is 289 g/mol. The zero-order chi connectivity index (χ0) is 15.2. The number of aromatic nitrogens is 2. The fourth-order valence-corrected chi connectivity index (χ4v) is 2.31. The van der Waals surface area contributed by atoms with Crippen molar-refractivity contribution in [1.29, 1.82) is 0 Å². The number of anilines is 1. The van der Waals surface area contributed by atoms with Gasteiger partial charge in [0, 0.05) is 24.5 Å². The minimum atomic E-state index is -0.418. The number of halogens is 1. The van der Waals surface area contributed by atoms with Crippen molar-refractivity contribution in [2.24, 2.45) is 5.92 Å². The molecular weight excluding hydrogens is 269 g/mol. The summed E-state index contributed by atoms with van der Waals surface area (Å²) in [5, 5.41) is 6.72. The van der Waals surface area contributed by atoms with Crippen LogP contribution in [0.25, 0.3) is 5.69 Å². The Morgan fingerprint density at radius 1 is 1.48 bits per heavy atom. The Labute approximate surface area is 124 Å². The van der Waals surface area contributed by atoms with Crippen LogP contribution in [0.5, 0.6) is 0 Å². The number of hydrogen-bond acceptors (Lipinski definition) is 2. The van der Waals surface area contributed by atoms with Crippen molar-refractivity contribution in [1.82, 2.24) is 9.78 Å². The number of rotatable bonds is 6. The Morgan fingerprint density at radius 2 is 2.29 bits per heavy atom. The molecule has 5 heteroatoms. The first kappa shape index (κ1) is 15.2. The zero-order valence-electron chi connectivity index (χ0n) is 12.3. The van der Waals surface area contributed by atoms with E-state index in [1.807, 2.05) is 6.92 Å². The Bertz CT molecular complexity index is 596. The van der Waals surface area contributed by atoms with Crippen LogP contribution in [0, 0.1) is 11.7 Å². The molecular formula is C16H20FN3O. The van der Waals surface area contributed by atoms with Gasteiger partial charge in [0.25, 0.3) is 0 Å². The SMILES string of the molecule is CCCC(C)CC(=O)Nc1ccc(-n2cccn2)c(F)c1. The van der Waals surface area contributed by atoms with Gasteiger partial charge < -0.3 is 5.32 Å². The quantitative estimate of drug-likeness (QED) is 0.879. The normalized spacial score (nSPS) is 12.1. The van der Waals surface area contributed by atoms with Crippen LogP contribution in [-0.4, -0.2) is 15.7 Å². The molecule has 1 N–H and O–H groups in total. The fourth-order valence-electron chi connectivity index (χ4n) is 2.31. The molecule has 1 atom stereocenters. The summed E-state index contributed by atoms with van der Waals surface area (Å²) in [5.74, 6) is -0.163. The number of benzene rings is 1. The summed E-state index contributed by atoms with van der Waals surface area (Å²) in [7, 11) is 0. The number of amides is 1. The lowest BCUT2D eigenvalue weighted by Crippen LogP contribution is -2.15. The van der Waals surface area contributed by atoms with E-state index in [1.54, 1.807) is 30.6 Å². The summed E-state index contributed by atoms with van der Waals surface area (Å²) in [5.41, 5.74) is 0.828. The van der Waals surface area contributed by atoms with E-state index in [0.717, 1.165) is 12.8 Å². The average Bonchev–Trinajstić information content (AvgIpc) is 2.92. The van der Waals surface area contributed by atoms with Crippen LogP contribution in [0.1, 0.15) is 33.1 Å². The van der Waals surface area contributed by atoms with Crippen LogP contribution in [0.4, 0.5) is 10.1 Å². The Kier molecular flexibility index (Phi) is 5.09. The molecule has 112 valence electrons. The van der Waals surface area contributed by atoms with Crippen molar-refractivity contribution in [3.8, 4) is 5.69 Å². The number of nitrogens with zero attached hydrogens (tertiary/aromatic N) is 2. The van der Waals surface area contributed by atoms with Gasteiger partial charge in [-0.1, -0.05) is 26.7 Å². The van der Waals surface area contributed by atoms with E-state index in [1.165, 1.54) is 10.7 Å². The van der Waals surface area contributed by atoms with Crippen LogP contribution < -0.4 is 5.32 Å². The second-order valence-corrected chi connectivity index (χ2v) is 5.26. The first-order valence-electron chi connectivity index (χ1n) is 7.19. The summed E-state index contributed by atoms with van der Waals surface area (Å²) in [4.78, 5) is 11.9. The lowest BCUT2D eigenvalue weighted by molar-refractivity contribution is -0.117. The molecule has 1 aromatic heterocycles. The molecule has 4 nitrogen and oxygen atoms in total.